The molecule has 0 saturated carbocycles. The number of nitriles is 2. The van der Waals surface area contributed by atoms with Crippen LogP contribution in [0.25, 0.3) is 0 Å². The van der Waals surface area contributed by atoms with Crippen LogP contribution >= 0.6 is 0 Å². The van der Waals surface area contributed by atoms with Crippen LogP contribution in [0.2, 0.25) is 0 Å². The number of hydrogen-bond donors (Lipinski definition) is 1. The topological polar surface area (TPSA) is 74.7 Å². The molecule has 0 aliphatic heterocycles. The number of rotatable bonds is 3. The van der Waals surface area contributed by atoms with Crippen LogP contribution in [0.15, 0.2) is 11.8 Å². The number of hydrogen-bond acceptors (Lipinski definition) is 4. The fourth-order valence-corrected chi connectivity index (χ4v) is 0.660. The zero-order valence-corrected chi connectivity index (χ0v) is 8.00. The van der Waals surface area contributed by atoms with Gasteiger partial charge in [-0.2, -0.15) is 10.5 Å². The maximum atomic E-state index is 8.72. The average Bonchev–Trinajstić information content (AvgIpc) is 2.12. The fourth-order valence-electron chi connectivity index (χ4n) is 0.660. The van der Waals surface area contributed by atoms with Crippen LogP contribution < -0.4 is 0 Å². The first-order chi connectivity index (χ1) is 6.02. The first-order valence-electron chi connectivity index (χ1n) is 3.86. The number of nitrogens with zero attached hydrogens (tertiary/aromatic N) is 3. The molecule has 0 fully saturated rings. The van der Waals surface area contributed by atoms with Gasteiger partial charge in [0.05, 0.1) is 0 Å². The van der Waals surface area contributed by atoms with Gasteiger partial charge in [0.15, 0.2) is 0 Å². The van der Waals surface area contributed by atoms with Crippen LogP contribution in [0.5, 0.6) is 0 Å². The maximum absolute atomic E-state index is 8.72. The minimum atomic E-state index is -0.205. The highest BCUT2D eigenvalue weighted by Crippen LogP contribution is 2.04. The van der Waals surface area contributed by atoms with Gasteiger partial charge in [-0.15, -0.1) is 0 Å². The van der Waals surface area contributed by atoms with E-state index in [-0.39, 0.29) is 11.8 Å². The van der Waals surface area contributed by atoms with E-state index in [9.17, 15) is 0 Å². The highest BCUT2D eigenvalue weighted by molar-refractivity contribution is 6.05. The molecule has 0 atom stereocenters. The van der Waals surface area contributed by atoms with Crippen molar-refractivity contribution in [3.8, 4) is 12.1 Å². The Hall–Kier alpha value is -1.81. The molecule has 0 aliphatic rings. The molecule has 0 aliphatic carbocycles. The zero-order valence-electron chi connectivity index (χ0n) is 8.00. The Morgan fingerprint density at radius 2 is 1.92 bits per heavy atom. The lowest BCUT2D eigenvalue weighted by Gasteiger charge is -2.21. The van der Waals surface area contributed by atoms with Crippen molar-refractivity contribution in [1.29, 1.82) is 15.9 Å². The average molecular weight is 176 g/mol. The smallest absolute Gasteiger partial charge is 0.134 e. The highest BCUT2D eigenvalue weighted by Gasteiger charge is 2.07. The summed E-state index contributed by atoms with van der Waals surface area (Å²) in [5.74, 6) is 0. The van der Waals surface area contributed by atoms with Crippen molar-refractivity contribution >= 4 is 5.71 Å². The van der Waals surface area contributed by atoms with Gasteiger partial charge >= 0.3 is 0 Å². The summed E-state index contributed by atoms with van der Waals surface area (Å²) in [5, 5.41) is 24.2. The molecule has 0 aromatic heterocycles. The van der Waals surface area contributed by atoms with E-state index in [0.29, 0.717) is 5.70 Å². The van der Waals surface area contributed by atoms with Gasteiger partial charge in [0.2, 0.25) is 0 Å². The summed E-state index contributed by atoms with van der Waals surface area (Å²) < 4.78 is 0. The fraction of sp³-hybridized carbons (Fsp3) is 0.444. The molecule has 0 amide bonds. The summed E-state index contributed by atoms with van der Waals surface area (Å²) in [5.41, 5.74) is 0.130. The summed E-state index contributed by atoms with van der Waals surface area (Å²) in [6, 6.07) is 3.77. The first kappa shape index (κ1) is 11.2. The van der Waals surface area contributed by atoms with E-state index >= 15 is 0 Å². The molecule has 0 bridgehead atoms. The molecule has 13 heavy (non-hydrogen) atoms. The lowest BCUT2D eigenvalue weighted by molar-refractivity contribution is 0.357. The molecule has 68 valence electrons. The van der Waals surface area contributed by atoms with Crippen LogP contribution in [0, 0.1) is 28.1 Å². The summed E-state index contributed by atoms with van der Waals surface area (Å²) in [6.07, 6.45) is 1.26. The van der Waals surface area contributed by atoms with Crippen molar-refractivity contribution in [2.75, 3.05) is 7.05 Å². The lowest BCUT2D eigenvalue weighted by atomic mass is 10.2. The molecule has 0 aromatic rings. The van der Waals surface area contributed by atoms with Crippen LogP contribution in [0.3, 0.4) is 0 Å². The molecular weight excluding hydrogens is 164 g/mol. The normalized spacial score (nSPS) is 10.5. The molecule has 1 N–H and O–H groups in total. The summed E-state index contributed by atoms with van der Waals surface area (Å²) in [7, 11) is 1.75. The summed E-state index contributed by atoms with van der Waals surface area (Å²) >= 11 is 0. The van der Waals surface area contributed by atoms with E-state index in [1.54, 1.807) is 18.0 Å². The van der Waals surface area contributed by atoms with E-state index in [1.807, 2.05) is 19.9 Å². The van der Waals surface area contributed by atoms with E-state index in [2.05, 4.69) is 0 Å². The van der Waals surface area contributed by atoms with Gasteiger partial charge in [-0.25, -0.2) is 0 Å². The van der Waals surface area contributed by atoms with Crippen molar-refractivity contribution in [2.24, 2.45) is 0 Å². The molecule has 4 heteroatoms. The minimum absolute atomic E-state index is 0.178. The van der Waals surface area contributed by atoms with Crippen LogP contribution in [0.4, 0.5) is 0 Å². The number of nitrogens with one attached hydrogen (secondary N) is 1. The van der Waals surface area contributed by atoms with E-state index in [4.69, 9.17) is 15.9 Å². The molecule has 0 radical (unpaired) electrons. The largest absolute Gasteiger partial charge is 0.364 e. The standard InChI is InChI=1S/C9H12N4/c1-7(2)13(3)9(6-11)4-8(12)5-10/h4,7,12H,1-3H3/b9-4-,12-8?. The quantitative estimate of drug-likeness (QED) is 0.520. The predicted octanol–water partition coefficient (Wildman–Crippen LogP) is 1.28. The second-order valence-electron chi connectivity index (χ2n) is 2.87. The Labute approximate surface area is 78.2 Å². The third kappa shape index (κ3) is 3.39. The van der Waals surface area contributed by atoms with Crippen LogP contribution in [0.1, 0.15) is 13.8 Å². The van der Waals surface area contributed by atoms with Crippen LogP contribution in [-0.4, -0.2) is 23.7 Å². The van der Waals surface area contributed by atoms with Gasteiger partial charge in [-0.05, 0) is 13.8 Å². The van der Waals surface area contributed by atoms with Crippen molar-refractivity contribution < 1.29 is 0 Å². The molecular formula is C9H12N4. The predicted molar refractivity (Wildman–Crippen MR) is 49.9 cm³/mol. The zero-order chi connectivity index (χ0) is 10.4. The third-order valence-corrected chi connectivity index (χ3v) is 1.67. The molecule has 0 rings (SSSR count). The van der Waals surface area contributed by atoms with E-state index < -0.39 is 0 Å². The van der Waals surface area contributed by atoms with Crippen molar-refractivity contribution in [3.63, 3.8) is 0 Å². The van der Waals surface area contributed by atoms with Crippen LogP contribution in [-0.2, 0) is 0 Å². The molecule has 0 aromatic carbocycles. The van der Waals surface area contributed by atoms with E-state index in [1.165, 1.54) is 6.08 Å². The van der Waals surface area contributed by atoms with Gasteiger partial charge in [-0.1, -0.05) is 0 Å². The second-order valence-corrected chi connectivity index (χ2v) is 2.87. The Bertz CT molecular complexity index is 301. The van der Waals surface area contributed by atoms with Gasteiger partial charge in [0.1, 0.15) is 23.5 Å². The van der Waals surface area contributed by atoms with Crippen molar-refractivity contribution in [1.82, 2.24) is 4.90 Å². The number of allylic oxidation sites excluding steroid dienone is 2. The van der Waals surface area contributed by atoms with Crippen molar-refractivity contribution in [3.05, 3.63) is 11.8 Å². The summed E-state index contributed by atoms with van der Waals surface area (Å²) in [4.78, 5) is 1.71. The minimum Gasteiger partial charge on any atom is -0.364 e. The monoisotopic (exact) mass is 176 g/mol. The SMILES string of the molecule is CC(C)N(C)/C(C#N)=C\C(=N)C#N. The molecule has 0 heterocycles. The Morgan fingerprint density at radius 1 is 1.38 bits per heavy atom. The van der Waals surface area contributed by atoms with E-state index in [0.717, 1.165) is 0 Å². The molecule has 0 unspecified atom stereocenters. The molecule has 4 nitrogen and oxygen atoms in total. The van der Waals surface area contributed by atoms with Gasteiger partial charge in [0.25, 0.3) is 0 Å². The highest BCUT2D eigenvalue weighted by atomic mass is 15.1. The first-order valence-corrected chi connectivity index (χ1v) is 3.86. The van der Waals surface area contributed by atoms with Gasteiger partial charge in [-0.3, -0.25) is 5.41 Å². The third-order valence-electron chi connectivity index (χ3n) is 1.67. The van der Waals surface area contributed by atoms with Crippen molar-refractivity contribution in [2.45, 2.75) is 19.9 Å². The van der Waals surface area contributed by atoms with Gasteiger partial charge in [0, 0.05) is 19.2 Å². The Morgan fingerprint density at radius 3 is 2.23 bits per heavy atom. The molecule has 0 saturated heterocycles. The second kappa shape index (κ2) is 4.95. The lowest BCUT2D eigenvalue weighted by Crippen LogP contribution is -2.25. The Balaban J connectivity index is 4.75. The Kier molecular flexibility index (Phi) is 4.26. The maximum Gasteiger partial charge on any atom is 0.134 e. The van der Waals surface area contributed by atoms with Gasteiger partial charge < -0.3 is 4.90 Å². The summed E-state index contributed by atoms with van der Waals surface area (Å²) in [6.45, 7) is 3.86. The molecule has 0 spiro atoms.